The van der Waals surface area contributed by atoms with Gasteiger partial charge < -0.3 is 14.8 Å². The minimum atomic E-state index is -1.15. The molecule has 0 aliphatic heterocycles. The number of ketones is 1. The van der Waals surface area contributed by atoms with Crippen LogP contribution in [0, 0.1) is 11.8 Å². The van der Waals surface area contributed by atoms with Crippen molar-refractivity contribution in [1.82, 2.24) is 5.32 Å². The highest BCUT2D eigenvalue weighted by Gasteiger charge is 2.39. The first kappa shape index (κ1) is 20.7. The quantitative estimate of drug-likeness (QED) is 0.484. The van der Waals surface area contributed by atoms with Crippen LogP contribution in [-0.4, -0.2) is 36.6 Å². The molecule has 1 rings (SSSR count). The number of benzene rings is 1. The van der Waals surface area contributed by atoms with Crippen molar-refractivity contribution in [2.75, 3.05) is 7.11 Å². The van der Waals surface area contributed by atoms with Gasteiger partial charge in [0.15, 0.2) is 5.78 Å². The summed E-state index contributed by atoms with van der Waals surface area (Å²) in [7, 11) is 1.22. The third kappa shape index (κ3) is 6.21. The van der Waals surface area contributed by atoms with Crippen LogP contribution in [0.1, 0.15) is 45.0 Å². The molecule has 0 saturated carbocycles. The highest BCUT2D eigenvalue weighted by Crippen LogP contribution is 2.21. The first-order chi connectivity index (χ1) is 11.6. The van der Waals surface area contributed by atoms with Crippen molar-refractivity contribution in [1.29, 1.82) is 0 Å². The number of nitrogens with one attached hydrogen (secondary N) is 1. The molecule has 0 spiro atoms. The number of rotatable bonds is 6. The highest BCUT2D eigenvalue weighted by atomic mass is 16.6. The van der Waals surface area contributed by atoms with Crippen LogP contribution in [0.15, 0.2) is 30.3 Å². The number of ether oxygens (including phenoxy) is 2. The molecule has 0 fully saturated rings. The number of carbonyl (C=O) groups is 3. The maximum atomic E-state index is 12.9. The second kappa shape index (κ2) is 8.65. The molecule has 0 radical (unpaired) electrons. The Balaban J connectivity index is 3.13. The molecule has 1 aromatic rings. The first-order valence-corrected chi connectivity index (χ1v) is 8.23. The molecule has 0 aliphatic carbocycles. The van der Waals surface area contributed by atoms with Gasteiger partial charge in [-0.1, -0.05) is 44.2 Å². The van der Waals surface area contributed by atoms with Gasteiger partial charge in [0.25, 0.3) is 0 Å². The van der Waals surface area contributed by atoms with E-state index in [9.17, 15) is 14.4 Å². The number of carbonyl (C=O) groups excluding carboxylic acids is 3. The van der Waals surface area contributed by atoms with Gasteiger partial charge in [0.2, 0.25) is 0 Å². The zero-order valence-electron chi connectivity index (χ0n) is 15.7. The van der Waals surface area contributed by atoms with Crippen molar-refractivity contribution in [2.24, 2.45) is 11.8 Å². The van der Waals surface area contributed by atoms with Crippen molar-refractivity contribution >= 4 is 17.8 Å². The van der Waals surface area contributed by atoms with Crippen LogP contribution in [-0.2, 0) is 14.3 Å². The van der Waals surface area contributed by atoms with E-state index in [4.69, 9.17) is 9.47 Å². The van der Waals surface area contributed by atoms with Gasteiger partial charge in [-0.3, -0.25) is 9.59 Å². The molecule has 0 bridgehead atoms. The molecule has 2 atom stereocenters. The minimum Gasteiger partial charge on any atom is -0.468 e. The Bertz CT molecular complexity index is 604. The minimum absolute atomic E-state index is 0.190. The smallest absolute Gasteiger partial charge is 0.407 e. The Morgan fingerprint density at radius 3 is 2.04 bits per heavy atom. The first-order valence-electron chi connectivity index (χ1n) is 8.23. The fourth-order valence-corrected chi connectivity index (χ4v) is 2.40. The van der Waals surface area contributed by atoms with E-state index < -0.39 is 35.4 Å². The van der Waals surface area contributed by atoms with E-state index in [-0.39, 0.29) is 5.92 Å². The molecule has 25 heavy (non-hydrogen) atoms. The summed E-state index contributed by atoms with van der Waals surface area (Å²) in [6, 6.07) is 7.71. The van der Waals surface area contributed by atoms with Gasteiger partial charge in [0.05, 0.1) is 13.2 Å². The van der Waals surface area contributed by atoms with Crippen molar-refractivity contribution < 1.29 is 23.9 Å². The lowest BCUT2D eigenvalue weighted by atomic mass is 9.84. The summed E-state index contributed by atoms with van der Waals surface area (Å²) in [5.74, 6) is -2.44. The molecular formula is C19H27NO5. The molecule has 1 unspecified atom stereocenters. The predicted molar refractivity (Wildman–Crippen MR) is 94.3 cm³/mol. The lowest BCUT2D eigenvalue weighted by molar-refractivity contribution is -0.144. The van der Waals surface area contributed by atoms with Gasteiger partial charge in [-0.25, -0.2) is 4.79 Å². The molecule has 0 aliphatic rings. The van der Waals surface area contributed by atoms with Crippen LogP contribution in [0.25, 0.3) is 0 Å². The Labute approximate surface area is 148 Å². The summed E-state index contributed by atoms with van der Waals surface area (Å²) in [6.07, 6.45) is -0.680. The monoisotopic (exact) mass is 349 g/mol. The van der Waals surface area contributed by atoms with E-state index >= 15 is 0 Å². The second-order valence-electron chi connectivity index (χ2n) is 7.15. The Morgan fingerprint density at radius 2 is 1.60 bits per heavy atom. The molecule has 6 nitrogen and oxygen atoms in total. The number of hydrogen-bond acceptors (Lipinski definition) is 5. The standard InChI is InChI=1S/C19H27NO5/c1-12(2)15(20-18(23)25-19(3,4)5)14(17(22)24-6)16(21)13-10-8-7-9-11-13/h7-12,14-15H,1-6H3,(H,20,23)/t14?,15-/m1/s1. The molecule has 0 saturated heterocycles. The average Bonchev–Trinajstić information content (AvgIpc) is 2.52. The molecule has 0 heterocycles. The van der Waals surface area contributed by atoms with Crippen LogP contribution < -0.4 is 5.32 Å². The van der Waals surface area contributed by atoms with Crippen LogP contribution >= 0.6 is 0 Å². The number of alkyl carbamates (subject to hydrolysis) is 1. The summed E-state index contributed by atoms with van der Waals surface area (Å²) in [4.78, 5) is 37.3. The largest absolute Gasteiger partial charge is 0.468 e. The maximum Gasteiger partial charge on any atom is 0.407 e. The van der Waals surface area contributed by atoms with Crippen LogP contribution in [0.4, 0.5) is 4.79 Å². The lowest BCUT2D eigenvalue weighted by Crippen LogP contribution is -2.51. The van der Waals surface area contributed by atoms with E-state index in [1.807, 2.05) is 13.8 Å². The topological polar surface area (TPSA) is 81.7 Å². The fourth-order valence-electron chi connectivity index (χ4n) is 2.40. The van der Waals surface area contributed by atoms with Crippen molar-refractivity contribution in [3.63, 3.8) is 0 Å². The van der Waals surface area contributed by atoms with Gasteiger partial charge in [0, 0.05) is 5.56 Å². The molecule has 1 aromatic carbocycles. The van der Waals surface area contributed by atoms with E-state index in [0.717, 1.165) is 0 Å². The summed E-state index contributed by atoms with van der Waals surface area (Å²) < 4.78 is 10.1. The maximum absolute atomic E-state index is 12.9. The summed E-state index contributed by atoms with van der Waals surface area (Å²) in [6.45, 7) is 8.85. The summed E-state index contributed by atoms with van der Waals surface area (Å²) in [5.41, 5.74) is -0.301. The van der Waals surface area contributed by atoms with Gasteiger partial charge in [-0.15, -0.1) is 0 Å². The third-order valence-electron chi connectivity index (χ3n) is 3.56. The number of methoxy groups -OCH3 is 1. The van der Waals surface area contributed by atoms with Crippen LogP contribution in [0.3, 0.4) is 0 Å². The molecule has 6 heteroatoms. The number of esters is 1. The van der Waals surface area contributed by atoms with Gasteiger partial charge >= 0.3 is 12.1 Å². The zero-order chi connectivity index (χ0) is 19.2. The molecular weight excluding hydrogens is 322 g/mol. The molecule has 1 amide bonds. The predicted octanol–water partition coefficient (Wildman–Crippen LogP) is 3.21. The van der Waals surface area contributed by atoms with Gasteiger partial charge in [-0.2, -0.15) is 0 Å². The van der Waals surface area contributed by atoms with E-state index in [0.29, 0.717) is 5.56 Å². The number of hydrogen-bond donors (Lipinski definition) is 1. The van der Waals surface area contributed by atoms with E-state index in [1.54, 1.807) is 51.1 Å². The number of Topliss-reactive ketones (excluding diaryl/α,β-unsaturated/α-hetero) is 1. The van der Waals surface area contributed by atoms with E-state index in [1.165, 1.54) is 7.11 Å². The fraction of sp³-hybridized carbons (Fsp3) is 0.526. The third-order valence-corrected chi connectivity index (χ3v) is 3.56. The Hall–Kier alpha value is -2.37. The van der Waals surface area contributed by atoms with E-state index in [2.05, 4.69) is 5.32 Å². The number of amides is 1. The van der Waals surface area contributed by atoms with Crippen LogP contribution in [0.5, 0.6) is 0 Å². The van der Waals surface area contributed by atoms with Crippen molar-refractivity contribution in [2.45, 2.75) is 46.3 Å². The summed E-state index contributed by atoms with van der Waals surface area (Å²) in [5, 5.41) is 2.66. The lowest BCUT2D eigenvalue weighted by Gasteiger charge is -2.29. The van der Waals surface area contributed by atoms with Gasteiger partial charge in [0.1, 0.15) is 11.5 Å². The highest BCUT2D eigenvalue weighted by molar-refractivity contribution is 6.09. The van der Waals surface area contributed by atoms with Gasteiger partial charge in [-0.05, 0) is 26.7 Å². The second-order valence-corrected chi connectivity index (χ2v) is 7.15. The van der Waals surface area contributed by atoms with Crippen LogP contribution in [0.2, 0.25) is 0 Å². The van der Waals surface area contributed by atoms with Crippen molar-refractivity contribution in [3.8, 4) is 0 Å². The zero-order valence-corrected chi connectivity index (χ0v) is 15.7. The van der Waals surface area contributed by atoms with Crippen molar-refractivity contribution in [3.05, 3.63) is 35.9 Å². The Kier molecular flexibility index (Phi) is 7.15. The SMILES string of the molecule is COC(=O)C(C(=O)c1ccccc1)[C@H](NC(=O)OC(C)(C)C)C(C)C. The average molecular weight is 349 g/mol. The Morgan fingerprint density at radius 1 is 1.04 bits per heavy atom. The molecule has 1 N–H and O–H groups in total. The summed E-state index contributed by atoms with van der Waals surface area (Å²) >= 11 is 0. The molecule has 0 aromatic heterocycles. The normalized spacial score (nSPS) is 13.7. The molecule has 138 valence electrons.